The summed E-state index contributed by atoms with van der Waals surface area (Å²) in [6, 6.07) is 0. The predicted molar refractivity (Wildman–Crippen MR) is 48.5 cm³/mol. The van der Waals surface area contributed by atoms with E-state index in [1.165, 1.54) is 6.20 Å². The van der Waals surface area contributed by atoms with Crippen LogP contribution in [0.5, 0.6) is 0 Å². The van der Waals surface area contributed by atoms with E-state index in [0.29, 0.717) is 10.5 Å². The van der Waals surface area contributed by atoms with Gasteiger partial charge in [-0.3, -0.25) is 0 Å². The Balaban J connectivity index is 3.38. The van der Waals surface area contributed by atoms with Crippen molar-refractivity contribution in [3.63, 3.8) is 0 Å². The van der Waals surface area contributed by atoms with Gasteiger partial charge in [-0.15, -0.1) is 11.8 Å². The average Bonchev–Trinajstić information content (AvgIpc) is 1.82. The van der Waals surface area contributed by atoms with Crippen LogP contribution in [0.1, 0.15) is 13.8 Å². The van der Waals surface area contributed by atoms with Crippen molar-refractivity contribution in [3.8, 4) is 0 Å². The fraction of sp³-hybridized carbons (Fsp3) is 0.667. The van der Waals surface area contributed by atoms with Crippen LogP contribution in [0, 0.1) is 5.92 Å². The molecular formula is C6H13NS2. The summed E-state index contributed by atoms with van der Waals surface area (Å²) in [6.07, 6.45) is 1.54. The van der Waals surface area contributed by atoms with Crippen molar-refractivity contribution in [2.75, 3.05) is 0 Å². The molecule has 0 radical (unpaired) electrons. The van der Waals surface area contributed by atoms with Gasteiger partial charge < -0.3 is 5.73 Å². The van der Waals surface area contributed by atoms with Gasteiger partial charge in [-0.25, -0.2) is 0 Å². The largest absolute Gasteiger partial charge is 0.404 e. The summed E-state index contributed by atoms with van der Waals surface area (Å²) in [5, 5.41) is 1.86. The maximum Gasteiger partial charge on any atom is 0.0537 e. The summed E-state index contributed by atoms with van der Waals surface area (Å²) < 4.78 is 0.366. The Morgan fingerprint density at radius 3 is 2.44 bits per heavy atom. The number of hydrogen-bond donors (Lipinski definition) is 2. The lowest BCUT2D eigenvalue weighted by Crippen LogP contribution is -2.00. The van der Waals surface area contributed by atoms with E-state index >= 15 is 0 Å². The molecule has 0 rings (SSSR count). The molecule has 0 aromatic carbocycles. The lowest BCUT2D eigenvalue weighted by Gasteiger charge is -2.09. The molecular weight excluding hydrogens is 150 g/mol. The first kappa shape index (κ1) is 9.24. The third kappa shape index (κ3) is 4.73. The van der Waals surface area contributed by atoms with E-state index in [1.807, 2.05) is 5.41 Å². The molecule has 0 bridgehead atoms. The average molecular weight is 163 g/mol. The van der Waals surface area contributed by atoms with Gasteiger partial charge in [-0.05, 0) is 11.3 Å². The van der Waals surface area contributed by atoms with Crippen LogP contribution in [-0.4, -0.2) is 4.58 Å². The monoisotopic (exact) mass is 163 g/mol. The van der Waals surface area contributed by atoms with E-state index in [-0.39, 0.29) is 0 Å². The summed E-state index contributed by atoms with van der Waals surface area (Å²) in [6.45, 7) is 4.27. The number of rotatable bonds is 3. The molecule has 9 heavy (non-hydrogen) atoms. The van der Waals surface area contributed by atoms with E-state index in [9.17, 15) is 0 Å². The zero-order valence-electron chi connectivity index (χ0n) is 5.74. The SMILES string of the molecule is CC(C)C(S)S/C=C\N. The molecule has 0 saturated heterocycles. The van der Waals surface area contributed by atoms with Crippen molar-refractivity contribution in [1.82, 2.24) is 0 Å². The molecule has 0 aliphatic rings. The third-order valence-electron chi connectivity index (χ3n) is 0.867. The van der Waals surface area contributed by atoms with Crippen molar-refractivity contribution >= 4 is 24.4 Å². The van der Waals surface area contributed by atoms with Gasteiger partial charge in [0.05, 0.1) is 4.58 Å². The Bertz CT molecular complexity index is 91.1. The molecule has 0 aromatic heterocycles. The van der Waals surface area contributed by atoms with E-state index in [0.717, 1.165) is 0 Å². The molecule has 0 saturated carbocycles. The van der Waals surface area contributed by atoms with Gasteiger partial charge in [0.2, 0.25) is 0 Å². The topological polar surface area (TPSA) is 26.0 Å². The smallest absolute Gasteiger partial charge is 0.0537 e. The first-order valence-electron chi connectivity index (χ1n) is 2.88. The molecule has 0 fully saturated rings. The molecule has 54 valence electrons. The number of thiol groups is 1. The second kappa shape index (κ2) is 5.06. The van der Waals surface area contributed by atoms with Gasteiger partial charge in [0.1, 0.15) is 0 Å². The molecule has 0 aromatic rings. The normalized spacial score (nSPS) is 15.1. The zero-order valence-corrected chi connectivity index (χ0v) is 7.45. The summed E-state index contributed by atoms with van der Waals surface area (Å²) >= 11 is 5.96. The van der Waals surface area contributed by atoms with Crippen molar-refractivity contribution in [1.29, 1.82) is 0 Å². The summed E-state index contributed by atoms with van der Waals surface area (Å²) in [4.78, 5) is 0. The second-order valence-electron chi connectivity index (χ2n) is 2.10. The molecule has 3 heteroatoms. The van der Waals surface area contributed by atoms with Crippen molar-refractivity contribution < 1.29 is 0 Å². The van der Waals surface area contributed by atoms with Crippen LogP contribution in [0.2, 0.25) is 0 Å². The molecule has 0 aliphatic carbocycles. The van der Waals surface area contributed by atoms with Crippen LogP contribution in [0.15, 0.2) is 11.6 Å². The standard InChI is InChI=1S/C6H13NS2/c1-5(2)6(8)9-4-3-7/h3-6,8H,7H2,1-2H3/b4-3-. The van der Waals surface area contributed by atoms with Crippen LogP contribution in [0.25, 0.3) is 0 Å². The fourth-order valence-electron chi connectivity index (χ4n) is 0.283. The molecule has 2 N–H and O–H groups in total. The van der Waals surface area contributed by atoms with Gasteiger partial charge in [0.25, 0.3) is 0 Å². The molecule has 1 atom stereocenters. The summed E-state index contributed by atoms with van der Waals surface area (Å²) in [7, 11) is 0. The number of nitrogens with two attached hydrogens (primary N) is 1. The van der Waals surface area contributed by atoms with Crippen LogP contribution >= 0.6 is 24.4 Å². The minimum Gasteiger partial charge on any atom is -0.404 e. The lowest BCUT2D eigenvalue weighted by atomic mass is 10.3. The Labute approximate surface area is 66.5 Å². The van der Waals surface area contributed by atoms with Crippen molar-refractivity contribution in [2.45, 2.75) is 18.4 Å². The highest BCUT2D eigenvalue weighted by Gasteiger charge is 2.04. The number of thioether (sulfide) groups is 1. The zero-order chi connectivity index (χ0) is 7.28. The summed E-state index contributed by atoms with van der Waals surface area (Å²) in [5.74, 6) is 0.592. The van der Waals surface area contributed by atoms with Crippen molar-refractivity contribution in [2.24, 2.45) is 11.7 Å². The second-order valence-corrected chi connectivity index (χ2v) is 4.06. The van der Waals surface area contributed by atoms with Crippen LogP contribution in [-0.2, 0) is 0 Å². The molecule has 0 aliphatic heterocycles. The highest BCUT2D eigenvalue weighted by Crippen LogP contribution is 2.22. The quantitative estimate of drug-likeness (QED) is 0.492. The van der Waals surface area contributed by atoms with E-state index in [2.05, 4.69) is 26.5 Å². The van der Waals surface area contributed by atoms with Crippen LogP contribution in [0.4, 0.5) is 0 Å². The predicted octanol–water partition coefficient (Wildman–Crippen LogP) is 2.06. The maximum absolute atomic E-state index is 5.14. The third-order valence-corrected chi connectivity index (χ3v) is 2.97. The minimum absolute atomic E-state index is 0.366. The highest BCUT2D eigenvalue weighted by atomic mass is 32.2. The Hall–Kier alpha value is 0.240. The maximum atomic E-state index is 5.14. The van der Waals surface area contributed by atoms with Gasteiger partial charge in [-0.2, -0.15) is 12.6 Å². The van der Waals surface area contributed by atoms with Gasteiger partial charge in [0, 0.05) is 6.20 Å². The first-order chi connectivity index (χ1) is 4.18. The molecule has 1 unspecified atom stereocenters. The van der Waals surface area contributed by atoms with Gasteiger partial charge in [0.15, 0.2) is 0 Å². The van der Waals surface area contributed by atoms with E-state index in [4.69, 9.17) is 5.73 Å². The minimum atomic E-state index is 0.366. The molecule has 1 nitrogen and oxygen atoms in total. The Kier molecular flexibility index (Phi) is 5.19. The highest BCUT2D eigenvalue weighted by molar-refractivity contribution is 8.12. The Morgan fingerprint density at radius 1 is 1.56 bits per heavy atom. The van der Waals surface area contributed by atoms with E-state index in [1.54, 1.807) is 11.8 Å². The molecule has 0 amide bonds. The Morgan fingerprint density at radius 2 is 2.11 bits per heavy atom. The number of hydrogen-bond acceptors (Lipinski definition) is 3. The van der Waals surface area contributed by atoms with Crippen LogP contribution < -0.4 is 5.73 Å². The van der Waals surface area contributed by atoms with Gasteiger partial charge in [-0.1, -0.05) is 13.8 Å². The van der Waals surface area contributed by atoms with Gasteiger partial charge >= 0.3 is 0 Å². The van der Waals surface area contributed by atoms with Crippen molar-refractivity contribution in [3.05, 3.63) is 11.6 Å². The molecule has 0 heterocycles. The van der Waals surface area contributed by atoms with Crippen LogP contribution in [0.3, 0.4) is 0 Å². The lowest BCUT2D eigenvalue weighted by molar-refractivity contribution is 0.724. The van der Waals surface area contributed by atoms with E-state index < -0.39 is 0 Å². The fourth-order valence-corrected chi connectivity index (χ4v) is 1.06. The summed E-state index contributed by atoms with van der Waals surface area (Å²) in [5.41, 5.74) is 5.14. The molecule has 0 spiro atoms. The first-order valence-corrected chi connectivity index (χ1v) is 4.34.